The number of aryl methyl sites for hydroxylation is 2. The Bertz CT molecular complexity index is 581. The molecule has 19 heavy (non-hydrogen) atoms. The highest BCUT2D eigenvalue weighted by Crippen LogP contribution is 2.19. The van der Waals surface area contributed by atoms with Gasteiger partial charge in [0.25, 0.3) is 0 Å². The van der Waals surface area contributed by atoms with Gasteiger partial charge in [0.15, 0.2) is 0 Å². The molecule has 6 nitrogen and oxygen atoms in total. The molecule has 0 bridgehead atoms. The summed E-state index contributed by atoms with van der Waals surface area (Å²) in [6, 6.07) is 5.94. The zero-order valence-corrected chi connectivity index (χ0v) is 11.4. The van der Waals surface area contributed by atoms with E-state index in [1.165, 1.54) is 0 Å². The Morgan fingerprint density at radius 1 is 1.05 bits per heavy atom. The molecular weight excluding hydrogens is 240 g/mol. The van der Waals surface area contributed by atoms with E-state index in [9.17, 15) is 0 Å². The largest absolute Gasteiger partial charge is 0.364 e. The molecule has 0 aliphatic rings. The summed E-state index contributed by atoms with van der Waals surface area (Å²) in [5.41, 5.74) is 5.44. The van der Waals surface area contributed by atoms with Gasteiger partial charge in [0, 0.05) is 11.3 Å². The van der Waals surface area contributed by atoms with Crippen molar-refractivity contribution in [3.8, 4) is 0 Å². The number of nitrogen functional groups attached to an aromatic ring is 1. The van der Waals surface area contributed by atoms with Crippen molar-refractivity contribution in [2.75, 3.05) is 10.7 Å². The van der Waals surface area contributed by atoms with E-state index in [1.807, 2.05) is 39.0 Å². The fourth-order valence-corrected chi connectivity index (χ4v) is 1.81. The lowest BCUT2D eigenvalue weighted by Gasteiger charge is -2.12. The number of hydrazine groups is 1. The summed E-state index contributed by atoms with van der Waals surface area (Å²) < 4.78 is 0. The first-order chi connectivity index (χ1) is 9.10. The van der Waals surface area contributed by atoms with E-state index < -0.39 is 0 Å². The van der Waals surface area contributed by atoms with E-state index in [1.54, 1.807) is 0 Å². The van der Waals surface area contributed by atoms with Crippen LogP contribution in [0.2, 0.25) is 0 Å². The lowest BCUT2D eigenvalue weighted by atomic mass is 10.3. The van der Waals surface area contributed by atoms with Crippen molar-refractivity contribution < 1.29 is 0 Å². The van der Waals surface area contributed by atoms with Gasteiger partial charge in [-0.25, -0.2) is 15.8 Å². The van der Waals surface area contributed by atoms with Gasteiger partial charge in [-0.15, -0.1) is 0 Å². The van der Waals surface area contributed by atoms with Gasteiger partial charge in [-0.3, -0.25) is 4.98 Å². The Balaban J connectivity index is 2.17. The van der Waals surface area contributed by atoms with Crippen LogP contribution in [-0.2, 0) is 6.54 Å². The average Bonchev–Trinajstić information content (AvgIpc) is 2.39. The molecule has 0 aliphatic carbocycles. The SMILES string of the molecule is Cc1cccc(CNc2nc(C)nc(NN)c2C)n1. The number of rotatable bonds is 4. The maximum Gasteiger partial charge on any atom is 0.148 e. The molecule has 4 N–H and O–H groups in total. The highest BCUT2D eigenvalue weighted by Gasteiger charge is 2.08. The summed E-state index contributed by atoms with van der Waals surface area (Å²) in [5.74, 6) is 7.50. The van der Waals surface area contributed by atoms with E-state index in [0.717, 1.165) is 22.8 Å². The van der Waals surface area contributed by atoms with Gasteiger partial charge >= 0.3 is 0 Å². The molecule has 0 spiro atoms. The molecule has 6 heteroatoms. The number of hydrogen-bond acceptors (Lipinski definition) is 6. The van der Waals surface area contributed by atoms with Gasteiger partial charge in [0.1, 0.15) is 17.5 Å². The number of nitrogens with two attached hydrogens (primary N) is 1. The van der Waals surface area contributed by atoms with E-state index in [0.29, 0.717) is 18.2 Å². The van der Waals surface area contributed by atoms with Crippen molar-refractivity contribution in [2.24, 2.45) is 5.84 Å². The summed E-state index contributed by atoms with van der Waals surface area (Å²) in [4.78, 5) is 13.0. The molecule has 0 radical (unpaired) electrons. The molecule has 100 valence electrons. The van der Waals surface area contributed by atoms with Crippen LogP contribution in [0, 0.1) is 20.8 Å². The van der Waals surface area contributed by atoms with Gasteiger partial charge in [0.2, 0.25) is 0 Å². The predicted octanol–water partition coefficient (Wildman–Crippen LogP) is 1.69. The fourth-order valence-electron chi connectivity index (χ4n) is 1.81. The molecule has 2 rings (SSSR count). The number of nitrogens with zero attached hydrogens (tertiary/aromatic N) is 3. The Morgan fingerprint density at radius 2 is 1.79 bits per heavy atom. The summed E-state index contributed by atoms with van der Waals surface area (Å²) in [5, 5.41) is 3.26. The van der Waals surface area contributed by atoms with Crippen LogP contribution in [-0.4, -0.2) is 15.0 Å². The first kappa shape index (κ1) is 13.2. The number of hydrogen-bond donors (Lipinski definition) is 3. The van der Waals surface area contributed by atoms with Crippen LogP contribution in [0.15, 0.2) is 18.2 Å². The first-order valence-corrected chi connectivity index (χ1v) is 6.08. The molecule has 0 unspecified atom stereocenters. The van der Waals surface area contributed by atoms with E-state index in [2.05, 4.69) is 25.7 Å². The topological polar surface area (TPSA) is 88.8 Å². The minimum atomic E-state index is 0.614. The highest BCUT2D eigenvalue weighted by atomic mass is 15.3. The molecular formula is C13H18N6. The quantitative estimate of drug-likeness (QED) is 0.571. The van der Waals surface area contributed by atoms with Gasteiger partial charge in [-0.1, -0.05) is 6.07 Å². The van der Waals surface area contributed by atoms with Crippen LogP contribution in [0.5, 0.6) is 0 Å². The maximum atomic E-state index is 5.44. The summed E-state index contributed by atoms with van der Waals surface area (Å²) in [7, 11) is 0. The van der Waals surface area contributed by atoms with Crippen molar-refractivity contribution in [1.82, 2.24) is 15.0 Å². The van der Waals surface area contributed by atoms with Crippen LogP contribution < -0.4 is 16.6 Å². The molecule has 0 aromatic carbocycles. The Hall–Kier alpha value is -2.21. The van der Waals surface area contributed by atoms with E-state index >= 15 is 0 Å². The normalized spacial score (nSPS) is 10.3. The van der Waals surface area contributed by atoms with Crippen LogP contribution in [0.3, 0.4) is 0 Å². The van der Waals surface area contributed by atoms with Crippen molar-refractivity contribution in [1.29, 1.82) is 0 Å². The lowest BCUT2D eigenvalue weighted by Crippen LogP contribution is -2.14. The number of anilines is 2. The molecule has 0 amide bonds. The second kappa shape index (κ2) is 5.62. The van der Waals surface area contributed by atoms with Crippen molar-refractivity contribution >= 4 is 11.6 Å². The van der Waals surface area contributed by atoms with Crippen molar-refractivity contribution in [2.45, 2.75) is 27.3 Å². The van der Waals surface area contributed by atoms with Gasteiger partial charge in [0.05, 0.1) is 12.2 Å². The second-order valence-electron chi connectivity index (χ2n) is 4.36. The third-order valence-corrected chi connectivity index (χ3v) is 2.78. The fraction of sp³-hybridized carbons (Fsp3) is 0.308. The smallest absolute Gasteiger partial charge is 0.148 e. The molecule has 0 saturated heterocycles. The van der Waals surface area contributed by atoms with Crippen LogP contribution >= 0.6 is 0 Å². The molecule has 0 saturated carbocycles. The molecule has 2 aromatic heterocycles. The minimum absolute atomic E-state index is 0.614. The third kappa shape index (κ3) is 3.17. The lowest BCUT2D eigenvalue weighted by molar-refractivity contribution is 0.968. The molecule has 2 aromatic rings. The maximum absolute atomic E-state index is 5.44. The van der Waals surface area contributed by atoms with Crippen molar-refractivity contribution in [3.05, 3.63) is 41.0 Å². The number of nitrogens with one attached hydrogen (secondary N) is 2. The first-order valence-electron chi connectivity index (χ1n) is 6.08. The monoisotopic (exact) mass is 258 g/mol. The molecule has 0 aliphatic heterocycles. The molecule has 2 heterocycles. The summed E-state index contributed by atoms with van der Waals surface area (Å²) in [6.45, 7) is 6.33. The zero-order chi connectivity index (χ0) is 13.8. The highest BCUT2D eigenvalue weighted by molar-refractivity contribution is 5.56. The Labute approximate surface area is 112 Å². The summed E-state index contributed by atoms with van der Waals surface area (Å²) in [6.07, 6.45) is 0. The van der Waals surface area contributed by atoms with E-state index in [4.69, 9.17) is 5.84 Å². The van der Waals surface area contributed by atoms with Crippen molar-refractivity contribution in [3.63, 3.8) is 0 Å². The third-order valence-electron chi connectivity index (χ3n) is 2.78. The average molecular weight is 258 g/mol. The van der Waals surface area contributed by atoms with E-state index in [-0.39, 0.29) is 0 Å². The van der Waals surface area contributed by atoms with Crippen LogP contribution in [0.4, 0.5) is 11.6 Å². The Kier molecular flexibility index (Phi) is 3.91. The predicted molar refractivity (Wildman–Crippen MR) is 75.6 cm³/mol. The van der Waals surface area contributed by atoms with Gasteiger partial charge in [-0.05, 0) is 32.9 Å². The van der Waals surface area contributed by atoms with Crippen LogP contribution in [0.25, 0.3) is 0 Å². The summed E-state index contributed by atoms with van der Waals surface area (Å²) >= 11 is 0. The number of aromatic nitrogens is 3. The molecule has 0 atom stereocenters. The number of pyridine rings is 1. The molecule has 0 fully saturated rings. The minimum Gasteiger partial charge on any atom is -0.364 e. The second-order valence-corrected chi connectivity index (χ2v) is 4.36. The zero-order valence-electron chi connectivity index (χ0n) is 11.4. The van der Waals surface area contributed by atoms with Gasteiger partial charge in [-0.2, -0.15) is 0 Å². The van der Waals surface area contributed by atoms with Crippen LogP contribution in [0.1, 0.15) is 22.8 Å². The van der Waals surface area contributed by atoms with Gasteiger partial charge < -0.3 is 10.7 Å². The Morgan fingerprint density at radius 3 is 2.47 bits per heavy atom. The standard InChI is InChI=1S/C13H18N6/c1-8-5-4-6-11(16-8)7-15-12-9(2)13(19-14)18-10(3)17-12/h4-6H,7,14H2,1-3H3,(H2,15,17,18,19).